The standard InChI is InChI=1S/C35H23Cl2F5N2O6/c1-3-14-7-9-15(10-8-14)43-30(46)17-12-11-16-18(21(17)31(43)47)13-34(36)32(48)44(29-27(41)25(39)24(38)26(40)28(29)42)33(49)35(34,37)23(16)22-19(45)5-4-6-20(22)50-2/h3-11,17-18,21,23,45H,1,12-13H2,2H3/t17-,18+,21-,23+,34+,35-/m0/s1. The predicted molar refractivity (Wildman–Crippen MR) is 170 cm³/mol. The van der Waals surface area contributed by atoms with Crippen molar-refractivity contribution in [1.29, 1.82) is 0 Å². The first-order valence-corrected chi connectivity index (χ1v) is 15.9. The number of imide groups is 2. The molecule has 6 atom stereocenters. The molecule has 15 heteroatoms. The Hall–Kier alpha value is -4.75. The van der Waals surface area contributed by atoms with Crippen LogP contribution in [0.1, 0.15) is 29.9 Å². The van der Waals surface area contributed by atoms with Crippen LogP contribution in [0.15, 0.2) is 60.7 Å². The number of phenolic OH excluding ortho intramolecular Hbond substituents is 1. The number of nitrogens with zero attached hydrogens (tertiary/aromatic N) is 2. The van der Waals surface area contributed by atoms with Crippen LogP contribution in [0, 0.1) is 46.8 Å². The molecule has 7 rings (SSSR count). The molecule has 0 bridgehead atoms. The molecule has 258 valence electrons. The molecule has 3 fully saturated rings. The van der Waals surface area contributed by atoms with E-state index in [1.807, 2.05) is 0 Å². The Morgan fingerprint density at radius 3 is 2.08 bits per heavy atom. The summed E-state index contributed by atoms with van der Waals surface area (Å²) in [6, 6.07) is 10.3. The summed E-state index contributed by atoms with van der Waals surface area (Å²) < 4.78 is 78.8. The maximum absolute atomic E-state index is 15.2. The van der Waals surface area contributed by atoms with Crippen LogP contribution in [0.5, 0.6) is 11.5 Å². The van der Waals surface area contributed by atoms with Crippen LogP contribution in [0.4, 0.5) is 33.3 Å². The van der Waals surface area contributed by atoms with Gasteiger partial charge in [0, 0.05) is 11.5 Å². The fraction of sp³-hybridized carbons (Fsp3) is 0.257. The average Bonchev–Trinajstić information content (AvgIpc) is 3.44. The van der Waals surface area contributed by atoms with Gasteiger partial charge in [0.2, 0.25) is 17.6 Å². The van der Waals surface area contributed by atoms with E-state index in [4.69, 9.17) is 27.9 Å². The van der Waals surface area contributed by atoms with E-state index in [1.54, 1.807) is 30.3 Å². The summed E-state index contributed by atoms with van der Waals surface area (Å²) in [5.41, 5.74) is -0.981. The number of allylic oxidation sites excluding steroid dienone is 2. The van der Waals surface area contributed by atoms with Crippen molar-refractivity contribution in [3.8, 4) is 11.5 Å². The Morgan fingerprint density at radius 1 is 0.860 bits per heavy atom. The van der Waals surface area contributed by atoms with E-state index in [-0.39, 0.29) is 33.9 Å². The zero-order valence-corrected chi connectivity index (χ0v) is 27.2. The van der Waals surface area contributed by atoms with Gasteiger partial charge in [0.1, 0.15) is 17.2 Å². The molecule has 0 unspecified atom stereocenters. The van der Waals surface area contributed by atoms with E-state index < -0.39 is 104 Å². The Morgan fingerprint density at radius 2 is 1.48 bits per heavy atom. The van der Waals surface area contributed by atoms with Gasteiger partial charge in [0.25, 0.3) is 11.8 Å². The third-order valence-corrected chi connectivity index (χ3v) is 11.6. The quantitative estimate of drug-likeness (QED) is 0.0802. The molecule has 50 heavy (non-hydrogen) atoms. The van der Waals surface area contributed by atoms with E-state index >= 15 is 8.78 Å². The second-order valence-corrected chi connectivity index (χ2v) is 13.6. The lowest BCUT2D eigenvalue weighted by Crippen LogP contribution is -2.60. The number of benzene rings is 3. The zero-order chi connectivity index (χ0) is 36.2. The van der Waals surface area contributed by atoms with Gasteiger partial charge in [-0.2, -0.15) is 0 Å². The molecule has 2 aliphatic heterocycles. The summed E-state index contributed by atoms with van der Waals surface area (Å²) >= 11 is 14.2. The molecule has 1 N–H and O–H groups in total. The van der Waals surface area contributed by atoms with Crippen LogP contribution in [-0.2, 0) is 19.2 Å². The SMILES string of the molecule is C=Cc1ccc(N2C(=O)[C@H]3[C@H](CC=C4[C@H]3C[C@@]3(Cl)C(=O)N(c5c(F)c(F)c(F)c(F)c5F)C(=O)[C@@]3(Cl)[C@H]4c3c(O)cccc3OC)C2=O)cc1. The maximum Gasteiger partial charge on any atom is 0.258 e. The Labute approximate surface area is 290 Å². The molecule has 3 aromatic rings. The Bertz CT molecular complexity index is 2080. The molecule has 4 amide bonds. The highest BCUT2D eigenvalue weighted by Crippen LogP contribution is 2.67. The summed E-state index contributed by atoms with van der Waals surface area (Å²) in [7, 11) is 1.22. The highest BCUT2D eigenvalue weighted by molar-refractivity contribution is 6.58. The number of hydrogen-bond acceptors (Lipinski definition) is 6. The van der Waals surface area contributed by atoms with Gasteiger partial charge in [-0.15, -0.1) is 23.2 Å². The van der Waals surface area contributed by atoms with Crippen LogP contribution in [0.3, 0.4) is 0 Å². The van der Waals surface area contributed by atoms with Crippen molar-refractivity contribution in [3.63, 3.8) is 0 Å². The van der Waals surface area contributed by atoms with Gasteiger partial charge in [-0.3, -0.25) is 24.1 Å². The van der Waals surface area contributed by atoms with Gasteiger partial charge in [-0.05, 0) is 48.6 Å². The maximum atomic E-state index is 15.2. The largest absolute Gasteiger partial charge is 0.508 e. The number of aromatic hydroxyl groups is 1. The molecular weight excluding hydrogens is 710 g/mol. The van der Waals surface area contributed by atoms with Crippen LogP contribution >= 0.6 is 23.2 Å². The van der Waals surface area contributed by atoms with Crippen molar-refractivity contribution in [2.24, 2.45) is 17.8 Å². The lowest BCUT2D eigenvalue weighted by Gasteiger charge is -2.50. The molecule has 2 heterocycles. The topological polar surface area (TPSA) is 104 Å². The first-order valence-electron chi connectivity index (χ1n) is 15.1. The van der Waals surface area contributed by atoms with Crippen molar-refractivity contribution < 1.29 is 51.0 Å². The van der Waals surface area contributed by atoms with Crippen molar-refractivity contribution in [2.45, 2.75) is 28.5 Å². The second kappa shape index (κ2) is 11.4. The number of anilines is 2. The lowest BCUT2D eigenvalue weighted by atomic mass is 9.56. The minimum atomic E-state index is -2.81. The third-order valence-electron chi connectivity index (χ3n) is 10.2. The fourth-order valence-corrected chi connectivity index (χ4v) is 8.82. The Balaban J connectivity index is 1.45. The first-order chi connectivity index (χ1) is 23.6. The zero-order valence-electron chi connectivity index (χ0n) is 25.7. The van der Waals surface area contributed by atoms with Gasteiger partial charge >= 0.3 is 0 Å². The molecule has 0 spiro atoms. The number of methoxy groups -OCH3 is 1. The van der Waals surface area contributed by atoms with Crippen molar-refractivity contribution in [3.05, 3.63) is 101 Å². The number of carbonyl (C=O) groups excluding carboxylic acids is 4. The minimum Gasteiger partial charge on any atom is -0.508 e. The number of hydrogen-bond donors (Lipinski definition) is 1. The monoisotopic (exact) mass is 732 g/mol. The number of ether oxygens (including phenoxy) is 1. The van der Waals surface area contributed by atoms with E-state index in [0.29, 0.717) is 5.56 Å². The molecular formula is C35H23Cl2F5N2O6. The van der Waals surface area contributed by atoms with Gasteiger partial charge in [0.15, 0.2) is 33.0 Å². The molecule has 1 saturated carbocycles. The van der Waals surface area contributed by atoms with Crippen LogP contribution in [0.25, 0.3) is 6.08 Å². The molecule has 8 nitrogen and oxygen atoms in total. The molecule has 4 aliphatic rings. The number of amides is 4. The first kappa shape index (κ1) is 33.7. The highest BCUT2D eigenvalue weighted by atomic mass is 35.5. The van der Waals surface area contributed by atoms with E-state index in [0.717, 1.165) is 4.90 Å². The summed E-state index contributed by atoms with van der Waals surface area (Å²) in [5.74, 6) is -22.6. The van der Waals surface area contributed by atoms with Crippen LogP contribution < -0.4 is 14.5 Å². The normalized spacial score (nSPS) is 28.8. The van der Waals surface area contributed by atoms with Gasteiger partial charge < -0.3 is 9.84 Å². The van der Waals surface area contributed by atoms with Gasteiger partial charge in [-0.1, -0.05) is 42.5 Å². The Kier molecular flexibility index (Phi) is 7.68. The van der Waals surface area contributed by atoms with Crippen LogP contribution in [0.2, 0.25) is 0 Å². The van der Waals surface area contributed by atoms with Crippen molar-refractivity contribution in [2.75, 3.05) is 16.9 Å². The summed E-state index contributed by atoms with van der Waals surface area (Å²) in [5, 5.41) is 11.2. The molecule has 3 aromatic carbocycles. The number of phenols is 1. The van der Waals surface area contributed by atoms with E-state index in [9.17, 15) is 37.5 Å². The van der Waals surface area contributed by atoms with Gasteiger partial charge in [-0.25, -0.2) is 26.9 Å². The molecule has 0 aromatic heterocycles. The number of halogens is 7. The third kappa shape index (κ3) is 4.16. The smallest absolute Gasteiger partial charge is 0.258 e. The summed E-state index contributed by atoms with van der Waals surface area (Å²) in [4.78, 5) is 51.9. The summed E-state index contributed by atoms with van der Waals surface area (Å²) in [6.07, 6.45) is 2.34. The molecule has 2 aliphatic carbocycles. The average molecular weight is 733 g/mol. The number of rotatable bonds is 5. The number of alkyl halides is 2. The predicted octanol–water partition coefficient (Wildman–Crippen LogP) is 6.51. The van der Waals surface area contributed by atoms with E-state index in [1.165, 1.54) is 31.4 Å². The molecule has 2 saturated heterocycles. The molecule has 0 radical (unpaired) electrons. The van der Waals surface area contributed by atoms with Crippen molar-refractivity contribution >= 4 is 64.3 Å². The number of carbonyl (C=O) groups is 4. The summed E-state index contributed by atoms with van der Waals surface area (Å²) in [6.45, 7) is 3.68. The minimum absolute atomic E-state index is 0.0690. The lowest BCUT2D eigenvalue weighted by molar-refractivity contribution is -0.125. The fourth-order valence-electron chi connectivity index (χ4n) is 7.90. The van der Waals surface area contributed by atoms with Crippen molar-refractivity contribution in [1.82, 2.24) is 0 Å². The second-order valence-electron chi connectivity index (χ2n) is 12.4. The highest BCUT2D eigenvalue weighted by Gasteiger charge is 2.77. The van der Waals surface area contributed by atoms with Crippen LogP contribution in [-0.4, -0.2) is 45.6 Å². The van der Waals surface area contributed by atoms with Gasteiger partial charge in [0.05, 0.1) is 24.6 Å². The number of fused-ring (bicyclic) bond motifs is 4. The van der Waals surface area contributed by atoms with E-state index in [2.05, 4.69) is 6.58 Å².